The molecule has 5 rings (SSSR count). The molecule has 2 saturated heterocycles. The number of urea groups is 1. The Morgan fingerprint density at radius 3 is 2.27 bits per heavy atom. The highest BCUT2D eigenvalue weighted by atomic mass is 16.7. The molecule has 0 saturated carbocycles. The summed E-state index contributed by atoms with van der Waals surface area (Å²) in [5, 5.41) is 15.3. The van der Waals surface area contributed by atoms with E-state index in [4.69, 9.17) is 9.47 Å². The lowest BCUT2D eigenvalue weighted by molar-refractivity contribution is -0.263. The van der Waals surface area contributed by atoms with Gasteiger partial charge in [-0.25, -0.2) is 4.79 Å². The first-order valence-electron chi connectivity index (χ1n) is 15.1. The summed E-state index contributed by atoms with van der Waals surface area (Å²) in [6, 6.07) is 26.1. The van der Waals surface area contributed by atoms with E-state index in [-0.39, 0.29) is 30.8 Å². The minimum atomic E-state index is -0.603. The number of carbonyl (C=O) groups is 1. The number of rotatable bonds is 8. The molecule has 7 heteroatoms. The van der Waals surface area contributed by atoms with E-state index in [1.807, 2.05) is 49.4 Å². The van der Waals surface area contributed by atoms with E-state index in [2.05, 4.69) is 51.9 Å². The molecule has 0 aromatic heterocycles. The monoisotopic (exact) mass is 557 g/mol. The normalized spacial score (nSPS) is 23.8. The number of anilines is 1. The van der Waals surface area contributed by atoms with Gasteiger partial charge < -0.3 is 30.1 Å². The second-order valence-electron chi connectivity index (χ2n) is 11.1. The van der Waals surface area contributed by atoms with Crippen LogP contribution in [0.2, 0.25) is 0 Å². The number of carbonyl (C=O) groups excluding carboxylic acids is 1. The number of nitrogens with one attached hydrogen (secondary N) is 2. The number of aliphatic hydroxyl groups excluding tert-OH is 1. The average molecular weight is 558 g/mol. The predicted molar refractivity (Wildman–Crippen MR) is 162 cm³/mol. The van der Waals surface area contributed by atoms with Gasteiger partial charge in [0.05, 0.1) is 18.8 Å². The van der Waals surface area contributed by atoms with Gasteiger partial charge in [-0.1, -0.05) is 86.0 Å². The molecule has 0 spiro atoms. The second kappa shape index (κ2) is 14.6. The van der Waals surface area contributed by atoms with Gasteiger partial charge >= 0.3 is 6.03 Å². The zero-order valence-corrected chi connectivity index (χ0v) is 24.0. The molecular formula is C34H43N3O4. The van der Waals surface area contributed by atoms with Crippen LogP contribution in [0.1, 0.15) is 79.6 Å². The Morgan fingerprint density at radius 1 is 0.854 bits per heavy atom. The maximum Gasteiger partial charge on any atom is 0.319 e. The quantitative estimate of drug-likeness (QED) is 0.294. The predicted octanol–water partition coefficient (Wildman–Crippen LogP) is 6.53. The number of hydrogen-bond donors (Lipinski definition) is 3. The van der Waals surface area contributed by atoms with E-state index in [1.54, 1.807) is 0 Å². The molecule has 2 aliphatic heterocycles. The Bertz CT molecular complexity index is 1230. The smallest absolute Gasteiger partial charge is 0.319 e. The van der Waals surface area contributed by atoms with Gasteiger partial charge in [0.1, 0.15) is 0 Å². The Kier molecular flexibility index (Phi) is 10.4. The summed E-state index contributed by atoms with van der Waals surface area (Å²) in [5.41, 5.74) is 4.66. The molecule has 2 fully saturated rings. The number of hydrogen-bond acceptors (Lipinski definition) is 5. The van der Waals surface area contributed by atoms with Crippen LogP contribution in [0.15, 0.2) is 78.9 Å². The van der Waals surface area contributed by atoms with Gasteiger partial charge in [-0.2, -0.15) is 0 Å². The van der Waals surface area contributed by atoms with Crippen molar-refractivity contribution in [2.45, 2.75) is 70.1 Å². The Morgan fingerprint density at radius 2 is 1.56 bits per heavy atom. The van der Waals surface area contributed by atoms with Gasteiger partial charge in [-0.15, -0.1) is 0 Å². The van der Waals surface area contributed by atoms with E-state index >= 15 is 0 Å². The van der Waals surface area contributed by atoms with Gasteiger partial charge in [0.15, 0.2) is 6.29 Å². The van der Waals surface area contributed by atoms with Crippen LogP contribution in [0.25, 0.3) is 0 Å². The van der Waals surface area contributed by atoms with Crippen molar-refractivity contribution >= 4 is 11.7 Å². The molecule has 3 aromatic carbocycles. The van der Waals surface area contributed by atoms with Crippen molar-refractivity contribution in [3.05, 3.63) is 101 Å². The average Bonchev–Trinajstić information content (AvgIpc) is 2.99. The summed E-state index contributed by atoms with van der Waals surface area (Å²) >= 11 is 0. The highest BCUT2D eigenvalue weighted by Gasteiger charge is 2.42. The highest BCUT2D eigenvalue weighted by molar-refractivity contribution is 5.89. The van der Waals surface area contributed by atoms with Crippen LogP contribution in [0.3, 0.4) is 0 Å². The summed E-state index contributed by atoms with van der Waals surface area (Å²) in [4.78, 5) is 14.8. The standard InChI is InChI=1S/C34H43N3O4/c1-2-35-34(39)36-29-15-11-14-28(22-29)33-40-30(23-37-20-9-4-3-5-10-21-37)31(26-12-7-6-8-13-26)32(41-33)27-18-16-25(24-38)17-19-27/h6-8,11-19,22,30-33,38H,2-5,9-10,20-21,23-24H2,1H3,(H2,35,36,39)/t30-,31-,32+,33?/m1/s1. The van der Waals surface area contributed by atoms with Crippen LogP contribution in [-0.4, -0.2) is 48.3 Å². The van der Waals surface area contributed by atoms with Crippen molar-refractivity contribution in [1.29, 1.82) is 0 Å². The third kappa shape index (κ3) is 7.74. The van der Waals surface area contributed by atoms with Crippen molar-refractivity contribution in [1.82, 2.24) is 10.2 Å². The Balaban J connectivity index is 1.50. The molecular weight excluding hydrogens is 514 g/mol. The largest absolute Gasteiger partial charge is 0.392 e. The molecule has 1 unspecified atom stereocenters. The van der Waals surface area contributed by atoms with Crippen LogP contribution in [0.5, 0.6) is 0 Å². The molecule has 7 nitrogen and oxygen atoms in total. The summed E-state index contributed by atoms with van der Waals surface area (Å²) in [6.07, 6.45) is 5.32. The number of nitrogens with zero attached hydrogens (tertiary/aromatic N) is 1. The first-order valence-corrected chi connectivity index (χ1v) is 15.1. The van der Waals surface area contributed by atoms with Crippen molar-refractivity contribution < 1.29 is 19.4 Å². The number of benzene rings is 3. The molecule has 3 aromatic rings. The van der Waals surface area contributed by atoms with Gasteiger partial charge in [0.25, 0.3) is 0 Å². The first-order chi connectivity index (χ1) is 20.1. The van der Waals surface area contributed by atoms with Crippen molar-refractivity contribution in [3.8, 4) is 0 Å². The molecule has 0 radical (unpaired) electrons. The maximum absolute atomic E-state index is 12.2. The summed E-state index contributed by atoms with van der Waals surface area (Å²) in [5.74, 6) is -0.0190. The molecule has 0 aliphatic carbocycles. The molecule has 2 aliphatic rings. The minimum absolute atomic E-state index is 0.00262. The molecule has 2 amide bonds. The fourth-order valence-electron chi connectivity index (χ4n) is 6.01. The van der Waals surface area contributed by atoms with Gasteiger partial charge in [-0.05, 0) is 61.7 Å². The zero-order valence-electron chi connectivity index (χ0n) is 24.0. The number of aliphatic hydroxyl groups is 1. The highest BCUT2D eigenvalue weighted by Crippen LogP contribution is 2.47. The van der Waals surface area contributed by atoms with Crippen LogP contribution in [0, 0.1) is 0 Å². The molecule has 0 bridgehead atoms. The lowest BCUT2D eigenvalue weighted by atomic mass is 9.83. The van der Waals surface area contributed by atoms with Gasteiger partial charge in [0, 0.05) is 30.3 Å². The summed E-state index contributed by atoms with van der Waals surface area (Å²) in [7, 11) is 0. The topological polar surface area (TPSA) is 83.1 Å². The fourth-order valence-corrected chi connectivity index (χ4v) is 6.01. The number of ether oxygens (including phenoxy) is 2. The van der Waals surface area contributed by atoms with Crippen molar-refractivity contribution in [3.63, 3.8) is 0 Å². The molecule has 218 valence electrons. The fraction of sp³-hybridized carbons (Fsp3) is 0.441. The van der Waals surface area contributed by atoms with E-state index < -0.39 is 6.29 Å². The summed E-state index contributed by atoms with van der Waals surface area (Å²) < 4.78 is 13.7. The number of likely N-dealkylation sites (tertiary alicyclic amines) is 1. The SMILES string of the molecule is CCNC(=O)Nc1cccc(C2O[C@H](CN3CCCCCCC3)[C@@H](c3ccccc3)[C@H](c3ccc(CO)cc3)O2)c1. The lowest BCUT2D eigenvalue weighted by Crippen LogP contribution is -2.45. The first kappa shape index (κ1) is 29.3. The lowest BCUT2D eigenvalue weighted by Gasteiger charge is -2.44. The third-order valence-corrected chi connectivity index (χ3v) is 8.11. The zero-order chi connectivity index (χ0) is 28.4. The van der Waals surface area contributed by atoms with E-state index in [0.717, 1.165) is 36.3 Å². The molecule has 2 heterocycles. The second-order valence-corrected chi connectivity index (χ2v) is 11.1. The summed E-state index contributed by atoms with van der Waals surface area (Å²) in [6.45, 7) is 5.42. The van der Waals surface area contributed by atoms with Crippen molar-refractivity contribution in [2.75, 3.05) is 31.5 Å². The Hall–Kier alpha value is -3.23. The van der Waals surface area contributed by atoms with E-state index in [9.17, 15) is 9.90 Å². The molecule has 4 atom stereocenters. The van der Waals surface area contributed by atoms with Crippen LogP contribution >= 0.6 is 0 Å². The van der Waals surface area contributed by atoms with Crippen LogP contribution in [-0.2, 0) is 16.1 Å². The van der Waals surface area contributed by atoms with Crippen molar-refractivity contribution in [2.24, 2.45) is 0 Å². The molecule has 41 heavy (non-hydrogen) atoms. The van der Waals surface area contributed by atoms with E-state index in [1.165, 1.54) is 37.7 Å². The van der Waals surface area contributed by atoms with Gasteiger partial charge in [-0.3, -0.25) is 0 Å². The maximum atomic E-state index is 12.2. The van der Waals surface area contributed by atoms with Crippen LogP contribution in [0.4, 0.5) is 10.5 Å². The Labute approximate surface area is 243 Å². The van der Waals surface area contributed by atoms with E-state index in [0.29, 0.717) is 12.2 Å². The third-order valence-electron chi connectivity index (χ3n) is 8.11. The van der Waals surface area contributed by atoms with Gasteiger partial charge in [0.2, 0.25) is 0 Å². The number of amides is 2. The van der Waals surface area contributed by atoms with Crippen LogP contribution < -0.4 is 10.6 Å². The molecule has 3 N–H and O–H groups in total. The minimum Gasteiger partial charge on any atom is -0.392 e.